The standard InChI is InChI=1S/C6H9NOS/c1-7(2)5-3-4-8-6(5)9/h3-4,9H,1-2H3. The van der Waals surface area contributed by atoms with Crippen molar-refractivity contribution in [1.82, 2.24) is 0 Å². The van der Waals surface area contributed by atoms with Crippen molar-refractivity contribution in [1.29, 1.82) is 0 Å². The fourth-order valence-electron chi connectivity index (χ4n) is 0.635. The van der Waals surface area contributed by atoms with Crippen molar-refractivity contribution < 1.29 is 4.42 Å². The number of rotatable bonds is 1. The van der Waals surface area contributed by atoms with Crippen LogP contribution in [0.1, 0.15) is 0 Å². The Labute approximate surface area is 59.9 Å². The molecule has 2 nitrogen and oxygen atoms in total. The first-order chi connectivity index (χ1) is 4.22. The van der Waals surface area contributed by atoms with E-state index >= 15 is 0 Å². The molecule has 0 atom stereocenters. The summed E-state index contributed by atoms with van der Waals surface area (Å²) in [7, 11) is 3.90. The lowest BCUT2D eigenvalue weighted by Gasteiger charge is -2.08. The molecule has 1 heterocycles. The van der Waals surface area contributed by atoms with Gasteiger partial charge < -0.3 is 9.32 Å². The summed E-state index contributed by atoms with van der Waals surface area (Å²) in [6.45, 7) is 0. The highest BCUT2D eigenvalue weighted by molar-refractivity contribution is 7.80. The van der Waals surface area contributed by atoms with Crippen LogP contribution in [-0.4, -0.2) is 14.1 Å². The van der Waals surface area contributed by atoms with Gasteiger partial charge in [-0.25, -0.2) is 0 Å². The van der Waals surface area contributed by atoms with E-state index in [0.717, 1.165) is 5.69 Å². The van der Waals surface area contributed by atoms with E-state index in [1.807, 2.05) is 25.1 Å². The van der Waals surface area contributed by atoms with E-state index in [4.69, 9.17) is 4.42 Å². The minimum absolute atomic E-state index is 0.667. The molecule has 50 valence electrons. The molecule has 0 N–H and O–H groups in total. The smallest absolute Gasteiger partial charge is 0.180 e. The van der Waals surface area contributed by atoms with Gasteiger partial charge in [-0.15, -0.1) is 12.6 Å². The third-order valence-electron chi connectivity index (χ3n) is 1.11. The summed E-state index contributed by atoms with van der Waals surface area (Å²) in [4.78, 5) is 1.95. The molecule has 0 aliphatic carbocycles. The van der Waals surface area contributed by atoms with Crippen molar-refractivity contribution in [2.24, 2.45) is 0 Å². The molecule has 1 aromatic heterocycles. The van der Waals surface area contributed by atoms with Crippen molar-refractivity contribution in [3.63, 3.8) is 0 Å². The molecule has 0 amide bonds. The van der Waals surface area contributed by atoms with E-state index in [1.165, 1.54) is 0 Å². The molecule has 0 unspecified atom stereocenters. The van der Waals surface area contributed by atoms with E-state index in [-0.39, 0.29) is 0 Å². The van der Waals surface area contributed by atoms with Gasteiger partial charge in [0.1, 0.15) is 0 Å². The molecule has 0 aliphatic rings. The Kier molecular flexibility index (Phi) is 1.71. The molecular formula is C6H9NOS. The second-order valence-corrected chi connectivity index (χ2v) is 2.41. The monoisotopic (exact) mass is 143 g/mol. The average molecular weight is 143 g/mol. The molecule has 0 aliphatic heterocycles. The summed E-state index contributed by atoms with van der Waals surface area (Å²) in [5.74, 6) is 0. The van der Waals surface area contributed by atoms with Gasteiger partial charge in [0.15, 0.2) is 5.09 Å². The van der Waals surface area contributed by atoms with Gasteiger partial charge in [-0.3, -0.25) is 0 Å². The maximum atomic E-state index is 4.95. The Morgan fingerprint density at radius 3 is 2.44 bits per heavy atom. The topological polar surface area (TPSA) is 16.4 Å². The number of anilines is 1. The lowest BCUT2D eigenvalue weighted by atomic mass is 10.5. The Bertz CT molecular complexity index is 195. The van der Waals surface area contributed by atoms with Crippen LogP contribution >= 0.6 is 12.6 Å². The Morgan fingerprint density at radius 1 is 1.56 bits per heavy atom. The van der Waals surface area contributed by atoms with Gasteiger partial charge in [0, 0.05) is 20.2 Å². The zero-order valence-corrected chi connectivity index (χ0v) is 6.35. The number of hydrogen-bond acceptors (Lipinski definition) is 3. The summed E-state index contributed by atoms with van der Waals surface area (Å²) in [6.07, 6.45) is 1.62. The number of furan rings is 1. The lowest BCUT2D eigenvalue weighted by molar-refractivity contribution is 0.477. The summed E-state index contributed by atoms with van der Waals surface area (Å²) in [5, 5.41) is 0.667. The largest absolute Gasteiger partial charge is 0.456 e. The molecule has 0 saturated carbocycles. The highest BCUT2D eigenvalue weighted by Crippen LogP contribution is 2.22. The molecule has 0 saturated heterocycles. The number of nitrogens with zero attached hydrogens (tertiary/aromatic N) is 1. The van der Waals surface area contributed by atoms with Crippen molar-refractivity contribution >= 4 is 18.3 Å². The van der Waals surface area contributed by atoms with Gasteiger partial charge in [-0.1, -0.05) is 0 Å². The minimum Gasteiger partial charge on any atom is -0.456 e. The van der Waals surface area contributed by atoms with E-state index in [9.17, 15) is 0 Å². The van der Waals surface area contributed by atoms with Crippen LogP contribution in [0, 0.1) is 0 Å². The van der Waals surface area contributed by atoms with Crippen LogP contribution in [0.3, 0.4) is 0 Å². The van der Waals surface area contributed by atoms with Crippen molar-refractivity contribution in [2.75, 3.05) is 19.0 Å². The van der Waals surface area contributed by atoms with Gasteiger partial charge in [-0.05, 0) is 0 Å². The summed E-state index contributed by atoms with van der Waals surface area (Å²) < 4.78 is 4.95. The van der Waals surface area contributed by atoms with Crippen LogP contribution in [0.25, 0.3) is 0 Å². The van der Waals surface area contributed by atoms with Gasteiger partial charge in [0.2, 0.25) is 0 Å². The first-order valence-corrected chi connectivity index (χ1v) is 3.10. The molecule has 1 rings (SSSR count). The van der Waals surface area contributed by atoms with Crippen LogP contribution < -0.4 is 4.90 Å². The molecule has 0 fully saturated rings. The van der Waals surface area contributed by atoms with Gasteiger partial charge in [0.25, 0.3) is 0 Å². The minimum atomic E-state index is 0.667. The predicted octanol–water partition coefficient (Wildman–Crippen LogP) is 1.63. The third-order valence-corrected chi connectivity index (χ3v) is 1.44. The maximum Gasteiger partial charge on any atom is 0.180 e. The van der Waals surface area contributed by atoms with Crippen LogP contribution in [-0.2, 0) is 0 Å². The quantitative estimate of drug-likeness (QED) is 0.601. The first-order valence-electron chi connectivity index (χ1n) is 2.65. The highest BCUT2D eigenvalue weighted by Gasteiger charge is 2.01. The fraction of sp³-hybridized carbons (Fsp3) is 0.333. The van der Waals surface area contributed by atoms with Crippen molar-refractivity contribution in [3.05, 3.63) is 12.3 Å². The fourth-order valence-corrected chi connectivity index (χ4v) is 0.970. The van der Waals surface area contributed by atoms with Crippen LogP contribution in [0.15, 0.2) is 21.8 Å². The Hall–Kier alpha value is -0.570. The zero-order chi connectivity index (χ0) is 6.85. The molecule has 9 heavy (non-hydrogen) atoms. The molecule has 0 spiro atoms. The second kappa shape index (κ2) is 2.35. The highest BCUT2D eigenvalue weighted by atomic mass is 32.1. The number of hydrogen-bond donors (Lipinski definition) is 1. The number of thiol groups is 1. The zero-order valence-electron chi connectivity index (χ0n) is 5.46. The molecule has 3 heteroatoms. The molecule has 1 aromatic rings. The van der Waals surface area contributed by atoms with Crippen molar-refractivity contribution in [3.8, 4) is 0 Å². The Balaban J connectivity index is 2.94. The SMILES string of the molecule is CN(C)c1ccoc1S. The molecule has 0 aromatic carbocycles. The molecular weight excluding hydrogens is 134 g/mol. The van der Waals surface area contributed by atoms with E-state index in [0.29, 0.717) is 5.09 Å². The first kappa shape index (κ1) is 6.55. The van der Waals surface area contributed by atoms with Gasteiger partial charge in [-0.2, -0.15) is 0 Å². The van der Waals surface area contributed by atoms with Crippen LogP contribution in [0.4, 0.5) is 5.69 Å². The second-order valence-electron chi connectivity index (χ2n) is 2.01. The van der Waals surface area contributed by atoms with E-state index in [2.05, 4.69) is 12.6 Å². The van der Waals surface area contributed by atoms with Gasteiger partial charge >= 0.3 is 0 Å². The lowest BCUT2D eigenvalue weighted by Crippen LogP contribution is -2.07. The predicted molar refractivity (Wildman–Crippen MR) is 40.3 cm³/mol. The van der Waals surface area contributed by atoms with E-state index in [1.54, 1.807) is 6.26 Å². The summed E-state index contributed by atoms with van der Waals surface area (Å²) in [6, 6.07) is 1.88. The van der Waals surface area contributed by atoms with E-state index < -0.39 is 0 Å². The van der Waals surface area contributed by atoms with Gasteiger partial charge in [0.05, 0.1) is 12.0 Å². The normalized spacial score (nSPS) is 9.67. The molecule has 0 bridgehead atoms. The summed E-state index contributed by atoms with van der Waals surface area (Å²) >= 11 is 4.08. The maximum absolute atomic E-state index is 4.95. The average Bonchev–Trinajstić information content (AvgIpc) is 2.13. The van der Waals surface area contributed by atoms with Crippen LogP contribution in [0.2, 0.25) is 0 Å². The molecule has 0 radical (unpaired) electrons. The Morgan fingerprint density at radius 2 is 2.22 bits per heavy atom. The summed E-state index contributed by atoms with van der Waals surface area (Å²) in [5.41, 5.74) is 1.01. The van der Waals surface area contributed by atoms with Crippen molar-refractivity contribution in [2.45, 2.75) is 5.09 Å². The van der Waals surface area contributed by atoms with Crippen LogP contribution in [0.5, 0.6) is 0 Å². The third kappa shape index (κ3) is 1.21.